The van der Waals surface area contributed by atoms with Gasteiger partial charge in [0.1, 0.15) is 5.82 Å². The average Bonchev–Trinajstić information content (AvgIpc) is 2.78. The standard InChI is InChI=1S/C13H22N4O2S/c1-3-11-14-15-13(20-9-12(18)19)17(11)8-10-5-4-6-16(2)7-10/h10H,3-9H2,1-2H3,(H,18,19). The minimum absolute atomic E-state index is 0.0341. The van der Waals surface area contributed by atoms with Crippen molar-refractivity contribution in [3.05, 3.63) is 5.82 Å². The van der Waals surface area contributed by atoms with E-state index in [2.05, 4.69) is 33.6 Å². The van der Waals surface area contributed by atoms with Gasteiger partial charge in [-0.25, -0.2) is 0 Å². The lowest BCUT2D eigenvalue weighted by Crippen LogP contribution is -2.34. The van der Waals surface area contributed by atoms with Crippen LogP contribution < -0.4 is 0 Å². The van der Waals surface area contributed by atoms with Crippen LogP contribution in [0.3, 0.4) is 0 Å². The lowest BCUT2D eigenvalue weighted by Gasteiger charge is -2.30. The number of hydrogen-bond donors (Lipinski definition) is 1. The molecule has 1 fully saturated rings. The van der Waals surface area contributed by atoms with E-state index in [0.29, 0.717) is 5.92 Å². The quantitative estimate of drug-likeness (QED) is 0.800. The first-order valence-corrected chi connectivity index (χ1v) is 8.04. The van der Waals surface area contributed by atoms with Crippen molar-refractivity contribution in [1.29, 1.82) is 0 Å². The summed E-state index contributed by atoms with van der Waals surface area (Å²) < 4.78 is 2.11. The first-order valence-electron chi connectivity index (χ1n) is 7.05. The Balaban J connectivity index is 2.07. The third-order valence-corrected chi connectivity index (χ3v) is 4.55. The summed E-state index contributed by atoms with van der Waals surface area (Å²) in [5, 5.41) is 17.9. The monoisotopic (exact) mass is 298 g/mol. The van der Waals surface area contributed by atoms with Crippen LogP contribution in [0.2, 0.25) is 0 Å². The van der Waals surface area contributed by atoms with Crippen molar-refractivity contribution in [3.63, 3.8) is 0 Å². The van der Waals surface area contributed by atoms with Gasteiger partial charge in [-0.05, 0) is 32.4 Å². The Labute approximate surface area is 123 Å². The first-order chi connectivity index (χ1) is 9.60. The molecule has 0 radical (unpaired) electrons. The van der Waals surface area contributed by atoms with Crippen molar-refractivity contribution >= 4 is 17.7 Å². The predicted molar refractivity (Wildman–Crippen MR) is 78.0 cm³/mol. The summed E-state index contributed by atoms with van der Waals surface area (Å²) in [6, 6.07) is 0. The van der Waals surface area contributed by atoms with Gasteiger partial charge in [0.2, 0.25) is 0 Å². The van der Waals surface area contributed by atoms with Crippen LogP contribution in [0.25, 0.3) is 0 Å². The van der Waals surface area contributed by atoms with Gasteiger partial charge in [-0.3, -0.25) is 4.79 Å². The molecule has 1 aliphatic rings. The number of aliphatic carboxylic acids is 1. The van der Waals surface area contributed by atoms with Crippen molar-refractivity contribution in [3.8, 4) is 0 Å². The van der Waals surface area contributed by atoms with Gasteiger partial charge in [0, 0.05) is 19.5 Å². The van der Waals surface area contributed by atoms with E-state index in [0.717, 1.165) is 30.5 Å². The van der Waals surface area contributed by atoms with Gasteiger partial charge in [-0.2, -0.15) is 0 Å². The van der Waals surface area contributed by atoms with E-state index in [4.69, 9.17) is 5.11 Å². The number of aromatic nitrogens is 3. The van der Waals surface area contributed by atoms with Gasteiger partial charge in [-0.15, -0.1) is 10.2 Å². The number of thioether (sulfide) groups is 1. The summed E-state index contributed by atoms with van der Waals surface area (Å²) >= 11 is 1.26. The second kappa shape index (κ2) is 7.08. The van der Waals surface area contributed by atoms with Crippen LogP contribution in [-0.2, 0) is 17.8 Å². The minimum Gasteiger partial charge on any atom is -0.481 e. The van der Waals surface area contributed by atoms with Crippen molar-refractivity contribution < 1.29 is 9.90 Å². The van der Waals surface area contributed by atoms with Crippen LogP contribution >= 0.6 is 11.8 Å². The maximum atomic E-state index is 10.7. The molecule has 6 nitrogen and oxygen atoms in total. The number of carboxylic acids is 1. The fraction of sp³-hybridized carbons (Fsp3) is 0.769. The SMILES string of the molecule is CCc1nnc(SCC(=O)O)n1CC1CCCN(C)C1. The molecule has 7 heteroatoms. The van der Waals surface area contributed by atoms with Gasteiger partial charge in [0.05, 0.1) is 5.75 Å². The highest BCUT2D eigenvalue weighted by Gasteiger charge is 2.21. The molecule has 1 atom stereocenters. The molecule has 20 heavy (non-hydrogen) atoms. The summed E-state index contributed by atoms with van der Waals surface area (Å²) in [5.74, 6) is 0.761. The number of rotatable bonds is 6. The van der Waals surface area contributed by atoms with E-state index in [1.54, 1.807) is 0 Å². The van der Waals surface area contributed by atoms with Crippen LogP contribution in [0.15, 0.2) is 5.16 Å². The minimum atomic E-state index is -0.819. The zero-order valence-corrected chi connectivity index (χ0v) is 12.9. The van der Waals surface area contributed by atoms with Crippen LogP contribution in [0.1, 0.15) is 25.6 Å². The number of carboxylic acid groups (broad SMARTS) is 1. The molecule has 1 unspecified atom stereocenters. The molecule has 0 aliphatic carbocycles. The van der Waals surface area contributed by atoms with Crippen LogP contribution in [0.4, 0.5) is 0 Å². The molecule has 0 spiro atoms. The molecule has 0 saturated carbocycles. The third kappa shape index (κ3) is 3.96. The molecule has 1 saturated heterocycles. The zero-order chi connectivity index (χ0) is 14.5. The molecule has 1 aromatic heterocycles. The van der Waals surface area contributed by atoms with E-state index < -0.39 is 5.97 Å². The van der Waals surface area contributed by atoms with E-state index in [1.807, 2.05) is 0 Å². The summed E-state index contributed by atoms with van der Waals surface area (Å²) in [5.41, 5.74) is 0. The lowest BCUT2D eigenvalue weighted by atomic mass is 9.98. The van der Waals surface area contributed by atoms with Gasteiger partial charge < -0.3 is 14.6 Å². The molecule has 2 rings (SSSR count). The van der Waals surface area contributed by atoms with Gasteiger partial charge >= 0.3 is 5.97 Å². The van der Waals surface area contributed by atoms with Gasteiger partial charge in [0.15, 0.2) is 5.16 Å². The van der Waals surface area contributed by atoms with Crippen molar-refractivity contribution in [2.75, 3.05) is 25.9 Å². The topological polar surface area (TPSA) is 71.2 Å². The van der Waals surface area contributed by atoms with Crippen molar-refractivity contribution in [1.82, 2.24) is 19.7 Å². The highest BCUT2D eigenvalue weighted by Crippen LogP contribution is 2.22. The van der Waals surface area contributed by atoms with Gasteiger partial charge in [-0.1, -0.05) is 18.7 Å². The number of likely N-dealkylation sites (tertiary alicyclic amines) is 1. The highest BCUT2D eigenvalue weighted by atomic mass is 32.2. The Bertz CT molecular complexity index is 463. The van der Waals surface area contributed by atoms with Crippen LogP contribution in [0.5, 0.6) is 0 Å². The normalized spacial score (nSPS) is 20.2. The fourth-order valence-electron chi connectivity index (χ4n) is 2.68. The second-order valence-corrected chi connectivity index (χ2v) is 6.26. The molecule has 1 aliphatic heterocycles. The van der Waals surface area contributed by atoms with Crippen LogP contribution in [0, 0.1) is 5.92 Å². The predicted octanol–water partition coefficient (Wildman–Crippen LogP) is 1.36. The Morgan fingerprint density at radius 1 is 1.50 bits per heavy atom. The molecule has 1 N–H and O–H groups in total. The Morgan fingerprint density at radius 2 is 2.30 bits per heavy atom. The van der Waals surface area contributed by atoms with Crippen molar-refractivity contribution in [2.45, 2.75) is 37.9 Å². The highest BCUT2D eigenvalue weighted by molar-refractivity contribution is 7.99. The van der Waals surface area contributed by atoms with E-state index in [-0.39, 0.29) is 5.75 Å². The van der Waals surface area contributed by atoms with E-state index in [1.165, 1.54) is 31.1 Å². The van der Waals surface area contributed by atoms with E-state index >= 15 is 0 Å². The summed E-state index contributed by atoms with van der Waals surface area (Å²) in [6.45, 7) is 5.20. The Hall–Kier alpha value is -1.08. The summed E-state index contributed by atoms with van der Waals surface area (Å²) in [7, 11) is 2.15. The number of piperidine rings is 1. The Morgan fingerprint density at radius 3 is 2.95 bits per heavy atom. The number of aryl methyl sites for hydroxylation is 1. The summed E-state index contributed by atoms with van der Waals surface area (Å²) in [6.07, 6.45) is 3.26. The third-order valence-electron chi connectivity index (χ3n) is 3.60. The number of hydrogen-bond acceptors (Lipinski definition) is 5. The molecule has 0 bridgehead atoms. The van der Waals surface area contributed by atoms with Gasteiger partial charge in [0.25, 0.3) is 0 Å². The number of carbonyl (C=O) groups is 1. The molecule has 112 valence electrons. The fourth-order valence-corrected chi connectivity index (χ4v) is 3.36. The Kier molecular flexibility index (Phi) is 5.42. The molecule has 0 amide bonds. The largest absolute Gasteiger partial charge is 0.481 e. The smallest absolute Gasteiger partial charge is 0.313 e. The second-order valence-electron chi connectivity index (χ2n) is 5.32. The first kappa shape index (κ1) is 15.3. The average molecular weight is 298 g/mol. The number of nitrogens with zero attached hydrogens (tertiary/aromatic N) is 4. The molecule has 1 aromatic rings. The maximum absolute atomic E-state index is 10.7. The molecular formula is C13H22N4O2S. The lowest BCUT2D eigenvalue weighted by molar-refractivity contribution is -0.133. The van der Waals surface area contributed by atoms with E-state index in [9.17, 15) is 4.79 Å². The van der Waals surface area contributed by atoms with Crippen LogP contribution in [-0.4, -0.2) is 56.6 Å². The summed E-state index contributed by atoms with van der Waals surface area (Å²) in [4.78, 5) is 13.1. The maximum Gasteiger partial charge on any atom is 0.313 e. The molecule has 2 heterocycles. The molecule has 0 aromatic carbocycles. The zero-order valence-electron chi connectivity index (χ0n) is 12.1. The van der Waals surface area contributed by atoms with Crippen molar-refractivity contribution in [2.24, 2.45) is 5.92 Å². The molecular weight excluding hydrogens is 276 g/mol.